The van der Waals surface area contributed by atoms with E-state index in [0.717, 1.165) is 55.7 Å². The molecule has 1 aliphatic carbocycles. The quantitative estimate of drug-likeness (QED) is 0.144. The number of furan rings is 1. The van der Waals surface area contributed by atoms with Crippen molar-refractivity contribution in [3.05, 3.63) is 295 Å². The molecule has 0 aliphatic heterocycles. The van der Waals surface area contributed by atoms with E-state index in [4.69, 9.17) is 4.42 Å². The number of anilines is 3. The monoisotopic (exact) mass is 879 g/mol. The lowest BCUT2D eigenvalue weighted by molar-refractivity contribution is 0.669. The van der Waals surface area contributed by atoms with Crippen molar-refractivity contribution in [2.45, 2.75) is 5.41 Å². The van der Waals surface area contributed by atoms with Crippen LogP contribution in [0.3, 0.4) is 0 Å². The molecule has 0 bridgehead atoms. The first-order chi connectivity index (χ1) is 34.2. The minimum atomic E-state index is -0.483. The highest BCUT2D eigenvalue weighted by molar-refractivity contribution is 6.06. The van der Waals surface area contributed by atoms with Crippen LogP contribution in [-0.4, -0.2) is 0 Å². The Hall–Kier alpha value is -8.98. The minimum Gasteiger partial charge on any atom is -0.456 e. The minimum absolute atomic E-state index is 0.483. The van der Waals surface area contributed by atoms with Crippen LogP contribution < -0.4 is 4.90 Å². The second kappa shape index (κ2) is 16.7. The fourth-order valence-corrected chi connectivity index (χ4v) is 11.0. The van der Waals surface area contributed by atoms with E-state index in [0.29, 0.717) is 0 Å². The first-order valence-corrected chi connectivity index (χ1v) is 23.7. The topological polar surface area (TPSA) is 16.4 Å². The van der Waals surface area contributed by atoms with Crippen molar-refractivity contribution in [2.24, 2.45) is 0 Å². The number of rotatable bonds is 9. The molecule has 0 radical (unpaired) electrons. The summed E-state index contributed by atoms with van der Waals surface area (Å²) in [5.41, 5.74) is 21.5. The summed E-state index contributed by atoms with van der Waals surface area (Å²) in [4.78, 5) is 2.39. The summed E-state index contributed by atoms with van der Waals surface area (Å²) in [7, 11) is 0. The van der Waals surface area contributed by atoms with Gasteiger partial charge in [0.15, 0.2) is 0 Å². The second-order valence-corrected chi connectivity index (χ2v) is 18.0. The van der Waals surface area contributed by atoms with Crippen LogP contribution in [0.15, 0.2) is 277 Å². The van der Waals surface area contributed by atoms with Crippen molar-refractivity contribution < 1.29 is 4.42 Å². The zero-order chi connectivity index (χ0) is 45.7. The number of para-hydroxylation sites is 1. The molecule has 13 rings (SSSR count). The van der Waals surface area contributed by atoms with Gasteiger partial charge in [-0.25, -0.2) is 0 Å². The lowest BCUT2D eigenvalue weighted by Gasteiger charge is -2.34. The predicted molar refractivity (Wildman–Crippen MR) is 287 cm³/mol. The van der Waals surface area contributed by atoms with E-state index >= 15 is 0 Å². The van der Waals surface area contributed by atoms with Gasteiger partial charge in [0, 0.05) is 27.8 Å². The smallest absolute Gasteiger partial charge is 0.136 e. The van der Waals surface area contributed by atoms with E-state index in [1.54, 1.807) is 0 Å². The Morgan fingerprint density at radius 1 is 0.275 bits per heavy atom. The van der Waals surface area contributed by atoms with Crippen LogP contribution in [-0.2, 0) is 5.41 Å². The molecule has 0 saturated heterocycles. The standard InChI is InChI=1S/C67H45NO/c1-4-17-46(18-5-1)47-33-35-48(36-34-47)49-37-40-55(41-38-49)68(56-25-14-19-50(43-56)51-39-42-60-59-27-11-13-32-64(59)69-65(60)45-51)57-26-15-20-52(44-57)58-29-16-31-63-66(58)61-28-10-12-30-62(61)67(63,53-21-6-2-7-22-53)54-23-8-3-9-24-54/h1-45H. The molecule has 324 valence electrons. The first-order valence-electron chi connectivity index (χ1n) is 23.7. The fraction of sp³-hybridized carbons (Fsp3) is 0.0149. The summed E-state index contributed by atoms with van der Waals surface area (Å²) in [5.74, 6) is 0. The molecule has 2 heteroatoms. The van der Waals surface area contributed by atoms with Gasteiger partial charge in [-0.05, 0) is 132 Å². The molecule has 0 amide bonds. The molecule has 0 N–H and O–H groups in total. The normalized spacial score (nSPS) is 12.5. The van der Waals surface area contributed by atoms with Gasteiger partial charge in [-0.15, -0.1) is 0 Å². The molecule has 11 aromatic carbocycles. The van der Waals surface area contributed by atoms with Crippen LogP contribution >= 0.6 is 0 Å². The van der Waals surface area contributed by atoms with Gasteiger partial charge in [-0.2, -0.15) is 0 Å². The molecule has 0 spiro atoms. The van der Waals surface area contributed by atoms with Crippen LogP contribution in [0.25, 0.3) is 77.6 Å². The van der Waals surface area contributed by atoms with Crippen molar-refractivity contribution in [3.8, 4) is 55.6 Å². The SMILES string of the molecule is c1ccc(-c2ccc(-c3ccc(N(c4cccc(-c5ccc6c(c5)oc5ccccc56)c4)c4cccc(-c5cccc6c5-c5ccccc5C6(c5ccccc5)c5ccccc5)c4)cc3)cc2)cc1. The van der Waals surface area contributed by atoms with Crippen molar-refractivity contribution in [1.82, 2.24) is 0 Å². The third-order valence-electron chi connectivity index (χ3n) is 14.2. The third kappa shape index (κ3) is 6.80. The van der Waals surface area contributed by atoms with Gasteiger partial charge in [0.25, 0.3) is 0 Å². The molecule has 0 atom stereocenters. The molecule has 2 nitrogen and oxygen atoms in total. The van der Waals surface area contributed by atoms with Gasteiger partial charge in [-0.1, -0.05) is 218 Å². The van der Waals surface area contributed by atoms with Crippen molar-refractivity contribution in [2.75, 3.05) is 4.90 Å². The average molecular weight is 880 g/mol. The van der Waals surface area contributed by atoms with E-state index in [1.807, 2.05) is 12.1 Å². The molecule has 0 fully saturated rings. The van der Waals surface area contributed by atoms with Gasteiger partial charge in [-0.3, -0.25) is 0 Å². The van der Waals surface area contributed by atoms with Crippen LogP contribution in [0.4, 0.5) is 17.1 Å². The number of hydrogen-bond donors (Lipinski definition) is 0. The third-order valence-corrected chi connectivity index (χ3v) is 14.2. The largest absolute Gasteiger partial charge is 0.456 e. The Balaban J connectivity index is 0.950. The number of nitrogens with zero attached hydrogens (tertiary/aromatic N) is 1. The molecular formula is C67H45NO. The molecule has 0 unspecified atom stereocenters. The number of benzene rings is 11. The Morgan fingerprint density at radius 3 is 1.43 bits per heavy atom. The Morgan fingerprint density at radius 2 is 0.739 bits per heavy atom. The highest BCUT2D eigenvalue weighted by Crippen LogP contribution is 2.58. The summed E-state index contributed by atoms with van der Waals surface area (Å²) in [6, 6.07) is 99.2. The van der Waals surface area contributed by atoms with Crippen LogP contribution in [0.1, 0.15) is 22.3 Å². The Kier molecular flexibility index (Phi) is 9.77. The number of hydrogen-bond acceptors (Lipinski definition) is 2. The molecule has 1 aromatic heterocycles. The predicted octanol–water partition coefficient (Wildman–Crippen LogP) is 18.1. The maximum absolute atomic E-state index is 6.37. The number of fused-ring (bicyclic) bond motifs is 6. The molecule has 12 aromatic rings. The van der Waals surface area contributed by atoms with Crippen molar-refractivity contribution >= 4 is 39.0 Å². The van der Waals surface area contributed by atoms with E-state index in [-0.39, 0.29) is 0 Å². The van der Waals surface area contributed by atoms with Gasteiger partial charge in [0.05, 0.1) is 5.41 Å². The molecule has 69 heavy (non-hydrogen) atoms. The molecule has 1 aliphatic rings. The van der Waals surface area contributed by atoms with Crippen LogP contribution in [0, 0.1) is 0 Å². The fourth-order valence-electron chi connectivity index (χ4n) is 11.0. The zero-order valence-electron chi connectivity index (χ0n) is 37.8. The van der Waals surface area contributed by atoms with Crippen molar-refractivity contribution in [1.29, 1.82) is 0 Å². The van der Waals surface area contributed by atoms with Gasteiger partial charge >= 0.3 is 0 Å². The summed E-state index contributed by atoms with van der Waals surface area (Å²) in [5, 5.41) is 2.26. The summed E-state index contributed by atoms with van der Waals surface area (Å²) < 4.78 is 6.37. The summed E-state index contributed by atoms with van der Waals surface area (Å²) >= 11 is 0. The lowest BCUT2D eigenvalue weighted by Crippen LogP contribution is -2.28. The van der Waals surface area contributed by atoms with Gasteiger partial charge < -0.3 is 9.32 Å². The van der Waals surface area contributed by atoms with E-state index < -0.39 is 5.41 Å². The Labute approximate surface area is 402 Å². The van der Waals surface area contributed by atoms with E-state index in [2.05, 4.69) is 266 Å². The summed E-state index contributed by atoms with van der Waals surface area (Å²) in [6.07, 6.45) is 0. The maximum atomic E-state index is 6.37. The highest BCUT2D eigenvalue weighted by Gasteiger charge is 2.46. The second-order valence-electron chi connectivity index (χ2n) is 18.0. The average Bonchev–Trinajstić information content (AvgIpc) is 3.96. The summed E-state index contributed by atoms with van der Waals surface area (Å²) in [6.45, 7) is 0. The maximum Gasteiger partial charge on any atom is 0.136 e. The molecule has 0 saturated carbocycles. The lowest BCUT2D eigenvalue weighted by atomic mass is 9.67. The van der Waals surface area contributed by atoms with E-state index in [9.17, 15) is 0 Å². The first kappa shape index (κ1) is 40.3. The van der Waals surface area contributed by atoms with Crippen LogP contribution in [0.5, 0.6) is 0 Å². The molecular weight excluding hydrogens is 835 g/mol. The highest BCUT2D eigenvalue weighted by atomic mass is 16.3. The van der Waals surface area contributed by atoms with Gasteiger partial charge in [0.1, 0.15) is 11.2 Å². The van der Waals surface area contributed by atoms with Crippen LogP contribution in [0.2, 0.25) is 0 Å². The zero-order valence-corrected chi connectivity index (χ0v) is 37.8. The Bertz CT molecular complexity index is 3780. The van der Waals surface area contributed by atoms with Gasteiger partial charge in [0.2, 0.25) is 0 Å². The van der Waals surface area contributed by atoms with E-state index in [1.165, 1.54) is 61.2 Å². The molecule has 1 heterocycles. The van der Waals surface area contributed by atoms with Crippen molar-refractivity contribution in [3.63, 3.8) is 0 Å².